The minimum absolute atomic E-state index is 0.0457. The van der Waals surface area contributed by atoms with Crippen LogP contribution in [0.1, 0.15) is 67.2 Å². The summed E-state index contributed by atoms with van der Waals surface area (Å²) in [6.07, 6.45) is 7.32. The lowest BCUT2D eigenvalue weighted by molar-refractivity contribution is -0.179. The average molecular weight is 294 g/mol. The van der Waals surface area contributed by atoms with Crippen LogP contribution in [0.25, 0.3) is 0 Å². The Hall–Kier alpha value is -0.340. The Kier molecular flexibility index (Phi) is 5.20. The Morgan fingerprint density at radius 3 is 2.38 bits per heavy atom. The first kappa shape index (κ1) is 17.0. The first-order valence-electron chi connectivity index (χ1n) is 8.75. The monoisotopic (exact) mass is 294 g/mol. The van der Waals surface area contributed by atoms with E-state index in [1.165, 1.54) is 24.8 Å². The zero-order valence-corrected chi connectivity index (χ0v) is 14.9. The molecule has 2 aliphatic rings. The zero-order chi connectivity index (χ0) is 15.7. The molecule has 0 amide bonds. The van der Waals surface area contributed by atoms with Crippen molar-refractivity contribution in [3.8, 4) is 0 Å². The number of hydrogen-bond acceptors (Lipinski definition) is 2. The van der Waals surface area contributed by atoms with Gasteiger partial charge in [0.2, 0.25) is 0 Å². The van der Waals surface area contributed by atoms with Gasteiger partial charge in [-0.05, 0) is 64.2 Å². The highest BCUT2D eigenvalue weighted by molar-refractivity contribution is 5.12. The maximum absolute atomic E-state index is 6.29. The fourth-order valence-electron chi connectivity index (χ4n) is 4.69. The fourth-order valence-corrected chi connectivity index (χ4v) is 4.69. The minimum atomic E-state index is -0.0457. The molecule has 0 aromatic carbocycles. The van der Waals surface area contributed by atoms with Crippen LogP contribution in [0.2, 0.25) is 0 Å². The van der Waals surface area contributed by atoms with Crippen molar-refractivity contribution >= 4 is 0 Å². The van der Waals surface area contributed by atoms with Crippen molar-refractivity contribution in [3.63, 3.8) is 0 Å². The molecule has 2 aliphatic carbocycles. The van der Waals surface area contributed by atoms with Crippen molar-refractivity contribution in [2.24, 2.45) is 17.3 Å². The molecule has 4 unspecified atom stereocenters. The summed E-state index contributed by atoms with van der Waals surface area (Å²) in [4.78, 5) is 0. The van der Waals surface area contributed by atoms with Crippen LogP contribution in [0.3, 0.4) is 0 Å². The van der Waals surface area contributed by atoms with Crippen molar-refractivity contribution in [2.45, 2.75) is 78.9 Å². The summed E-state index contributed by atoms with van der Waals surface area (Å²) in [5, 5.41) is 0. The molecule has 2 rings (SSSR count). The van der Waals surface area contributed by atoms with E-state index < -0.39 is 0 Å². The van der Waals surface area contributed by atoms with Crippen LogP contribution in [-0.4, -0.2) is 24.9 Å². The van der Waals surface area contributed by atoms with Gasteiger partial charge in [-0.1, -0.05) is 25.5 Å². The molecule has 0 heterocycles. The molecule has 4 atom stereocenters. The molecule has 0 bridgehead atoms. The SMILES string of the molecule is CCOC1C=C(C)CCC2C(CC2(C)C)C(C)(OCC)C1. The van der Waals surface area contributed by atoms with Gasteiger partial charge in [-0.3, -0.25) is 0 Å². The van der Waals surface area contributed by atoms with Crippen LogP contribution >= 0.6 is 0 Å². The Labute approximate surface area is 131 Å². The molecule has 2 nitrogen and oxygen atoms in total. The second-order valence-corrected chi connectivity index (χ2v) is 7.90. The minimum Gasteiger partial charge on any atom is -0.375 e. The third kappa shape index (κ3) is 3.53. The van der Waals surface area contributed by atoms with Crippen molar-refractivity contribution in [1.29, 1.82) is 0 Å². The Morgan fingerprint density at radius 2 is 1.81 bits per heavy atom. The quantitative estimate of drug-likeness (QED) is 0.681. The van der Waals surface area contributed by atoms with E-state index in [2.05, 4.69) is 47.6 Å². The van der Waals surface area contributed by atoms with E-state index in [0.717, 1.165) is 25.6 Å². The molecular weight excluding hydrogens is 260 g/mol. The molecule has 0 aliphatic heterocycles. The summed E-state index contributed by atoms with van der Waals surface area (Å²) in [5.74, 6) is 1.45. The third-order valence-electron chi connectivity index (χ3n) is 5.80. The molecule has 0 saturated heterocycles. The van der Waals surface area contributed by atoms with Gasteiger partial charge in [-0.25, -0.2) is 0 Å². The smallest absolute Gasteiger partial charge is 0.0785 e. The van der Waals surface area contributed by atoms with E-state index in [0.29, 0.717) is 11.3 Å². The predicted octanol–water partition coefficient (Wildman–Crippen LogP) is 4.98. The normalized spacial score (nSPS) is 39.3. The summed E-state index contributed by atoms with van der Waals surface area (Å²) >= 11 is 0. The third-order valence-corrected chi connectivity index (χ3v) is 5.80. The van der Waals surface area contributed by atoms with Crippen LogP contribution < -0.4 is 0 Å². The van der Waals surface area contributed by atoms with Gasteiger partial charge in [0.05, 0.1) is 11.7 Å². The van der Waals surface area contributed by atoms with Gasteiger partial charge in [0.25, 0.3) is 0 Å². The van der Waals surface area contributed by atoms with Crippen LogP contribution in [0, 0.1) is 17.3 Å². The Morgan fingerprint density at radius 1 is 1.10 bits per heavy atom. The lowest BCUT2D eigenvalue weighted by Gasteiger charge is -2.58. The topological polar surface area (TPSA) is 18.5 Å². The lowest BCUT2D eigenvalue weighted by atomic mass is 9.49. The van der Waals surface area contributed by atoms with Gasteiger partial charge in [-0.15, -0.1) is 0 Å². The largest absolute Gasteiger partial charge is 0.375 e. The number of ether oxygens (including phenoxy) is 2. The van der Waals surface area contributed by atoms with E-state index in [1.54, 1.807) is 0 Å². The molecule has 0 aromatic rings. The highest BCUT2D eigenvalue weighted by Gasteiger charge is 2.55. The van der Waals surface area contributed by atoms with Gasteiger partial charge in [0.15, 0.2) is 0 Å². The molecule has 1 fully saturated rings. The number of rotatable bonds is 4. The van der Waals surface area contributed by atoms with Gasteiger partial charge >= 0.3 is 0 Å². The van der Waals surface area contributed by atoms with Crippen LogP contribution in [0.5, 0.6) is 0 Å². The summed E-state index contributed by atoms with van der Waals surface area (Å²) in [6.45, 7) is 15.2. The number of allylic oxidation sites excluding steroid dienone is 1. The standard InChI is InChI=1S/C19H34O2/c1-7-20-15-11-14(3)9-10-16-17(13-18(16,4)5)19(6,12-15)21-8-2/h11,15-17H,7-10,12-13H2,1-6H3. The lowest BCUT2D eigenvalue weighted by Crippen LogP contribution is -2.56. The van der Waals surface area contributed by atoms with Gasteiger partial charge < -0.3 is 9.47 Å². The first-order chi connectivity index (χ1) is 9.82. The highest BCUT2D eigenvalue weighted by atomic mass is 16.5. The fraction of sp³-hybridized carbons (Fsp3) is 0.895. The van der Waals surface area contributed by atoms with E-state index in [9.17, 15) is 0 Å². The molecule has 2 heteroatoms. The maximum Gasteiger partial charge on any atom is 0.0785 e. The summed E-state index contributed by atoms with van der Waals surface area (Å²) in [7, 11) is 0. The van der Waals surface area contributed by atoms with Gasteiger partial charge in [0.1, 0.15) is 0 Å². The average Bonchev–Trinajstić information content (AvgIpc) is 2.39. The van der Waals surface area contributed by atoms with Crippen molar-refractivity contribution in [1.82, 2.24) is 0 Å². The molecule has 21 heavy (non-hydrogen) atoms. The van der Waals surface area contributed by atoms with Gasteiger partial charge in [0, 0.05) is 19.6 Å². The van der Waals surface area contributed by atoms with Crippen LogP contribution in [0.4, 0.5) is 0 Å². The number of fused-ring (bicyclic) bond motifs is 1. The Bertz CT molecular complexity index is 385. The maximum atomic E-state index is 6.29. The van der Waals surface area contributed by atoms with Gasteiger partial charge in [-0.2, -0.15) is 0 Å². The van der Waals surface area contributed by atoms with E-state index in [1.807, 2.05) is 0 Å². The molecule has 0 N–H and O–H groups in total. The summed E-state index contributed by atoms with van der Waals surface area (Å²) < 4.78 is 12.3. The molecule has 122 valence electrons. The van der Waals surface area contributed by atoms with E-state index in [-0.39, 0.29) is 11.7 Å². The van der Waals surface area contributed by atoms with Crippen molar-refractivity contribution < 1.29 is 9.47 Å². The second kappa shape index (κ2) is 6.42. The van der Waals surface area contributed by atoms with Crippen LogP contribution in [0.15, 0.2) is 11.6 Å². The zero-order valence-electron chi connectivity index (χ0n) is 14.9. The molecule has 1 saturated carbocycles. The molecule has 0 aromatic heterocycles. The summed E-state index contributed by atoms with van der Waals surface area (Å²) in [6, 6.07) is 0. The second-order valence-electron chi connectivity index (χ2n) is 7.90. The predicted molar refractivity (Wildman–Crippen MR) is 88.4 cm³/mol. The van der Waals surface area contributed by atoms with E-state index >= 15 is 0 Å². The summed E-state index contributed by atoms with van der Waals surface area (Å²) in [5.41, 5.74) is 1.90. The number of hydrogen-bond donors (Lipinski definition) is 0. The van der Waals surface area contributed by atoms with Crippen LogP contribution in [-0.2, 0) is 9.47 Å². The molecular formula is C19H34O2. The van der Waals surface area contributed by atoms with Crippen molar-refractivity contribution in [3.05, 3.63) is 11.6 Å². The molecule has 0 radical (unpaired) electrons. The van der Waals surface area contributed by atoms with Crippen molar-refractivity contribution in [2.75, 3.05) is 13.2 Å². The Balaban J connectivity index is 2.27. The highest BCUT2D eigenvalue weighted by Crippen LogP contribution is 2.59. The molecule has 0 spiro atoms. The van der Waals surface area contributed by atoms with E-state index in [4.69, 9.17) is 9.47 Å². The first-order valence-corrected chi connectivity index (χ1v) is 8.75.